The van der Waals surface area contributed by atoms with Crippen molar-refractivity contribution < 1.29 is 9.59 Å². The average Bonchev–Trinajstić information content (AvgIpc) is 3.55. The van der Waals surface area contributed by atoms with E-state index in [1.165, 1.54) is 4.88 Å². The number of piperazine rings is 1. The highest BCUT2D eigenvalue weighted by atomic mass is 32.1. The van der Waals surface area contributed by atoms with Crippen molar-refractivity contribution in [1.29, 1.82) is 0 Å². The summed E-state index contributed by atoms with van der Waals surface area (Å²) in [4.78, 5) is 36.6. The van der Waals surface area contributed by atoms with Crippen molar-refractivity contribution in [1.82, 2.24) is 10.2 Å². The van der Waals surface area contributed by atoms with Gasteiger partial charge in [-0.15, -0.1) is 11.3 Å². The molecule has 1 amide bonds. The summed E-state index contributed by atoms with van der Waals surface area (Å²) in [6, 6.07) is 17.6. The Bertz CT molecular complexity index is 1290. The third-order valence-corrected chi connectivity index (χ3v) is 8.35. The first-order valence-corrected chi connectivity index (χ1v) is 13.3. The van der Waals surface area contributed by atoms with Crippen molar-refractivity contribution >= 4 is 34.6 Å². The summed E-state index contributed by atoms with van der Waals surface area (Å²) in [5.74, 6) is 0.431. The number of carbonyl (C=O) groups is 2. The molecule has 0 radical (unpaired) electrons. The molecule has 3 heterocycles. The molecular formula is C29H32N4O2S. The highest BCUT2D eigenvalue weighted by molar-refractivity contribution is 7.10. The van der Waals surface area contributed by atoms with Crippen LogP contribution in [0.5, 0.6) is 0 Å². The number of benzene rings is 2. The highest BCUT2D eigenvalue weighted by Crippen LogP contribution is 2.32. The summed E-state index contributed by atoms with van der Waals surface area (Å²) in [6.45, 7) is 8.76. The molecular weight excluding hydrogens is 468 g/mol. The third kappa shape index (κ3) is 5.13. The van der Waals surface area contributed by atoms with E-state index in [-0.39, 0.29) is 17.1 Å². The van der Waals surface area contributed by atoms with Crippen LogP contribution in [0.2, 0.25) is 0 Å². The molecule has 7 heteroatoms. The molecule has 2 aliphatic heterocycles. The molecule has 6 nitrogen and oxygen atoms in total. The van der Waals surface area contributed by atoms with E-state index in [9.17, 15) is 9.59 Å². The molecule has 0 spiro atoms. The number of amides is 1. The number of rotatable bonds is 6. The van der Waals surface area contributed by atoms with Crippen molar-refractivity contribution in [2.75, 3.05) is 38.1 Å². The quantitative estimate of drug-likeness (QED) is 0.497. The summed E-state index contributed by atoms with van der Waals surface area (Å²) >= 11 is 1.68. The van der Waals surface area contributed by atoms with Crippen LogP contribution in [-0.4, -0.2) is 55.7 Å². The average molecular weight is 501 g/mol. The minimum atomic E-state index is -0.230. The van der Waals surface area contributed by atoms with Crippen LogP contribution in [0.25, 0.3) is 0 Å². The number of fused-ring (bicyclic) bond motifs is 1. The second kappa shape index (κ2) is 9.99. The van der Waals surface area contributed by atoms with Crippen molar-refractivity contribution in [2.24, 2.45) is 4.99 Å². The molecule has 2 aromatic carbocycles. The van der Waals surface area contributed by atoms with E-state index < -0.39 is 0 Å². The van der Waals surface area contributed by atoms with Crippen LogP contribution in [0.4, 0.5) is 5.69 Å². The van der Waals surface area contributed by atoms with Gasteiger partial charge in [0.15, 0.2) is 5.78 Å². The first-order valence-electron chi connectivity index (χ1n) is 12.4. The number of ketones is 1. The smallest absolute Gasteiger partial charge is 0.256 e. The molecule has 1 fully saturated rings. The van der Waals surface area contributed by atoms with Gasteiger partial charge in [-0.25, -0.2) is 0 Å². The number of nitrogens with zero attached hydrogens (tertiary/aromatic N) is 3. The Kier molecular flexibility index (Phi) is 6.77. The molecule has 0 saturated carbocycles. The number of hydrogen-bond acceptors (Lipinski definition) is 6. The standard InChI is InChI=1S/C29H32N4O2S/c1-29(2,26-5-4-16-36-26)18-25(34)21-6-7-22-19-30-27(24(22)17-21)31-28(35)20-8-10-23(11-9-20)33-14-12-32(3)13-15-33/h4-11,16-17H,12-15,18-19H2,1-3H3,(H,30,31,35). The predicted molar refractivity (Wildman–Crippen MR) is 147 cm³/mol. The number of Topliss-reactive ketones (excluding diaryl/α,β-unsaturated/α-hetero) is 1. The second-order valence-electron chi connectivity index (χ2n) is 10.3. The van der Waals surface area contributed by atoms with Crippen molar-refractivity contribution in [2.45, 2.75) is 32.2 Å². The zero-order valence-corrected chi connectivity index (χ0v) is 21.9. The Morgan fingerprint density at radius 2 is 1.72 bits per heavy atom. The zero-order valence-electron chi connectivity index (χ0n) is 21.1. The predicted octanol–water partition coefficient (Wildman–Crippen LogP) is 4.74. The van der Waals surface area contributed by atoms with Crippen LogP contribution in [0.15, 0.2) is 65.0 Å². The van der Waals surface area contributed by atoms with Gasteiger partial charge in [0.25, 0.3) is 5.91 Å². The fourth-order valence-electron chi connectivity index (χ4n) is 4.79. The van der Waals surface area contributed by atoms with Crippen molar-refractivity contribution in [3.63, 3.8) is 0 Å². The lowest BCUT2D eigenvalue weighted by atomic mass is 9.84. The summed E-state index contributed by atoms with van der Waals surface area (Å²) in [5.41, 5.74) is 4.00. The van der Waals surface area contributed by atoms with Gasteiger partial charge in [0.2, 0.25) is 0 Å². The van der Waals surface area contributed by atoms with Crippen LogP contribution < -0.4 is 10.2 Å². The highest BCUT2D eigenvalue weighted by Gasteiger charge is 2.27. The number of carbonyl (C=O) groups excluding carboxylic acids is 2. The number of aliphatic imine (C=N–C) groups is 1. The van der Waals surface area contributed by atoms with E-state index in [2.05, 4.69) is 47.1 Å². The van der Waals surface area contributed by atoms with Gasteiger partial charge in [0.1, 0.15) is 5.84 Å². The van der Waals surface area contributed by atoms with E-state index in [1.54, 1.807) is 11.3 Å². The minimum absolute atomic E-state index is 0.0910. The fraction of sp³-hybridized carbons (Fsp3) is 0.345. The van der Waals surface area contributed by atoms with Crippen LogP contribution in [0.3, 0.4) is 0 Å². The van der Waals surface area contributed by atoms with E-state index in [0.717, 1.165) is 43.0 Å². The largest absolute Gasteiger partial charge is 0.369 e. The SMILES string of the molecule is CN1CCN(c2ccc(C(=O)NC3=NCc4ccc(C(=O)CC(C)(C)c5cccs5)cc43)cc2)CC1. The Balaban J connectivity index is 1.26. The maximum atomic E-state index is 13.2. The molecule has 36 heavy (non-hydrogen) atoms. The van der Waals surface area contributed by atoms with Crippen molar-refractivity contribution in [3.8, 4) is 0 Å². The lowest BCUT2D eigenvalue weighted by Gasteiger charge is -2.34. The molecule has 0 unspecified atom stereocenters. The molecule has 186 valence electrons. The zero-order chi connectivity index (χ0) is 25.3. The first-order chi connectivity index (χ1) is 17.3. The Hall–Kier alpha value is -3.29. The molecule has 0 aliphatic carbocycles. The van der Waals surface area contributed by atoms with E-state index in [4.69, 9.17) is 0 Å². The van der Waals surface area contributed by atoms with Gasteiger partial charge >= 0.3 is 0 Å². The van der Waals surface area contributed by atoms with Gasteiger partial charge in [-0.2, -0.15) is 0 Å². The minimum Gasteiger partial charge on any atom is -0.369 e. The Labute approximate surface area is 216 Å². The molecule has 5 rings (SSSR count). The summed E-state index contributed by atoms with van der Waals surface area (Å²) in [5, 5.41) is 5.02. The number of nitrogens with one attached hydrogen (secondary N) is 1. The lowest BCUT2D eigenvalue weighted by molar-refractivity contribution is 0.0956. The van der Waals surface area contributed by atoms with Gasteiger partial charge in [-0.3, -0.25) is 14.6 Å². The summed E-state index contributed by atoms with van der Waals surface area (Å²) < 4.78 is 0. The third-order valence-electron chi connectivity index (χ3n) is 7.12. The number of amidine groups is 1. The summed E-state index contributed by atoms with van der Waals surface area (Å²) in [7, 11) is 2.14. The number of hydrogen-bond donors (Lipinski definition) is 1. The monoisotopic (exact) mass is 500 g/mol. The van der Waals surface area contributed by atoms with E-state index in [1.807, 2.05) is 53.9 Å². The Morgan fingerprint density at radius 1 is 1.00 bits per heavy atom. The topological polar surface area (TPSA) is 65.0 Å². The van der Waals surface area contributed by atoms with Gasteiger partial charge in [0.05, 0.1) is 6.54 Å². The molecule has 1 N–H and O–H groups in total. The first kappa shape index (κ1) is 24.4. The number of thiophene rings is 1. The lowest BCUT2D eigenvalue weighted by Crippen LogP contribution is -2.44. The van der Waals surface area contributed by atoms with Gasteiger partial charge in [-0.05, 0) is 54.4 Å². The van der Waals surface area contributed by atoms with Crippen LogP contribution in [-0.2, 0) is 12.0 Å². The van der Waals surface area contributed by atoms with E-state index in [0.29, 0.717) is 29.9 Å². The maximum absolute atomic E-state index is 13.2. The van der Waals surface area contributed by atoms with Gasteiger partial charge in [-0.1, -0.05) is 32.0 Å². The molecule has 1 aromatic heterocycles. The molecule has 1 saturated heterocycles. The van der Waals surface area contributed by atoms with Crippen LogP contribution in [0.1, 0.15) is 57.0 Å². The normalized spacial score (nSPS) is 16.0. The molecule has 0 atom stereocenters. The Morgan fingerprint density at radius 3 is 2.42 bits per heavy atom. The van der Waals surface area contributed by atoms with Crippen LogP contribution in [0, 0.1) is 0 Å². The number of anilines is 1. The molecule has 0 bridgehead atoms. The van der Waals surface area contributed by atoms with Gasteiger partial charge < -0.3 is 15.1 Å². The fourth-order valence-corrected chi connectivity index (χ4v) is 5.64. The maximum Gasteiger partial charge on any atom is 0.256 e. The van der Waals surface area contributed by atoms with E-state index >= 15 is 0 Å². The second-order valence-corrected chi connectivity index (χ2v) is 11.2. The van der Waals surface area contributed by atoms with Gasteiger partial charge in [0, 0.05) is 65.3 Å². The van der Waals surface area contributed by atoms with Crippen molar-refractivity contribution in [3.05, 3.63) is 87.1 Å². The van der Waals surface area contributed by atoms with Crippen LogP contribution >= 0.6 is 11.3 Å². The summed E-state index contributed by atoms with van der Waals surface area (Å²) in [6.07, 6.45) is 0.421. The number of likely N-dealkylation sites (N-methyl/N-ethyl adjacent to an activating group) is 1. The molecule has 2 aliphatic rings. The molecule has 3 aromatic rings.